The first-order valence-corrected chi connectivity index (χ1v) is 9.41. The van der Waals surface area contributed by atoms with Crippen LogP contribution in [0.4, 0.5) is 5.82 Å². The summed E-state index contributed by atoms with van der Waals surface area (Å²) < 4.78 is 0. The highest BCUT2D eigenvalue weighted by atomic mass is 16.1. The molecular weight excluding hydrogens is 310 g/mol. The fourth-order valence-corrected chi connectivity index (χ4v) is 3.36. The average Bonchev–Trinajstić information content (AvgIpc) is 2.60. The zero-order valence-electron chi connectivity index (χ0n) is 15.7. The van der Waals surface area contributed by atoms with Gasteiger partial charge in [0.2, 0.25) is 0 Å². The third-order valence-corrected chi connectivity index (χ3v) is 5.29. The Morgan fingerprint density at radius 2 is 2.04 bits per heavy atom. The van der Waals surface area contributed by atoms with Crippen LogP contribution in [-0.4, -0.2) is 30.0 Å². The van der Waals surface area contributed by atoms with Gasteiger partial charge in [-0.25, -0.2) is 4.98 Å². The zero-order valence-corrected chi connectivity index (χ0v) is 15.7. The van der Waals surface area contributed by atoms with Gasteiger partial charge in [-0.1, -0.05) is 39.0 Å². The van der Waals surface area contributed by atoms with Gasteiger partial charge in [0, 0.05) is 24.5 Å². The van der Waals surface area contributed by atoms with Crippen LogP contribution in [0, 0.1) is 11.8 Å². The fourth-order valence-electron chi connectivity index (χ4n) is 3.36. The molecule has 0 unspecified atom stereocenters. The number of amides is 1. The predicted molar refractivity (Wildman–Crippen MR) is 104 cm³/mol. The number of anilines is 1. The van der Waals surface area contributed by atoms with E-state index in [4.69, 9.17) is 4.98 Å². The first-order chi connectivity index (χ1) is 12.0. The van der Waals surface area contributed by atoms with E-state index in [1.165, 1.54) is 12.8 Å². The number of benzene rings is 1. The van der Waals surface area contributed by atoms with Crippen molar-refractivity contribution in [3.8, 4) is 0 Å². The van der Waals surface area contributed by atoms with E-state index in [-0.39, 0.29) is 11.9 Å². The van der Waals surface area contributed by atoms with Gasteiger partial charge in [0.05, 0.1) is 11.1 Å². The monoisotopic (exact) mass is 339 g/mol. The summed E-state index contributed by atoms with van der Waals surface area (Å²) in [6, 6.07) is 10.0. The van der Waals surface area contributed by atoms with Crippen LogP contribution >= 0.6 is 0 Å². The van der Waals surface area contributed by atoms with Gasteiger partial charge >= 0.3 is 0 Å². The van der Waals surface area contributed by atoms with Gasteiger partial charge in [-0.05, 0) is 43.7 Å². The highest BCUT2D eigenvalue weighted by molar-refractivity contribution is 6.07. The van der Waals surface area contributed by atoms with E-state index in [1.54, 1.807) is 0 Å². The molecule has 4 heteroatoms. The molecule has 134 valence electrons. The smallest absolute Gasteiger partial charge is 0.252 e. The summed E-state index contributed by atoms with van der Waals surface area (Å²) in [5, 5.41) is 4.06. The van der Waals surface area contributed by atoms with Crippen molar-refractivity contribution in [2.45, 2.75) is 46.6 Å². The topological polar surface area (TPSA) is 45.2 Å². The summed E-state index contributed by atoms with van der Waals surface area (Å²) in [4.78, 5) is 20.1. The minimum Gasteiger partial charge on any atom is -0.356 e. The Kier molecular flexibility index (Phi) is 5.26. The summed E-state index contributed by atoms with van der Waals surface area (Å²) in [7, 11) is 0. The zero-order chi connectivity index (χ0) is 18.0. The minimum atomic E-state index is -0.00823. The molecule has 0 radical (unpaired) electrons. The van der Waals surface area contributed by atoms with Crippen molar-refractivity contribution in [2.75, 3.05) is 18.0 Å². The van der Waals surface area contributed by atoms with Crippen molar-refractivity contribution in [3.63, 3.8) is 0 Å². The van der Waals surface area contributed by atoms with Crippen molar-refractivity contribution >= 4 is 22.6 Å². The first-order valence-electron chi connectivity index (χ1n) is 9.41. The maximum atomic E-state index is 12.9. The molecule has 0 aliphatic carbocycles. The van der Waals surface area contributed by atoms with Gasteiger partial charge in [-0.15, -0.1) is 0 Å². The van der Waals surface area contributed by atoms with Gasteiger partial charge in [0.1, 0.15) is 5.82 Å². The number of rotatable bonds is 4. The third-order valence-electron chi connectivity index (χ3n) is 5.29. The van der Waals surface area contributed by atoms with Gasteiger partial charge in [0.25, 0.3) is 5.91 Å². The normalized spacial score (nSPS) is 19.2. The molecule has 2 heterocycles. The number of para-hydroxylation sites is 1. The molecule has 4 nitrogen and oxygen atoms in total. The molecule has 1 aromatic carbocycles. The minimum absolute atomic E-state index is 0.00823. The number of nitrogens with zero attached hydrogens (tertiary/aromatic N) is 2. The second-order valence-electron chi connectivity index (χ2n) is 7.74. The van der Waals surface area contributed by atoms with Crippen molar-refractivity contribution in [3.05, 3.63) is 35.9 Å². The second-order valence-corrected chi connectivity index (χ2v) is 7.74. The Morgan fingerprint density at radius 1 is 1.28 bits per heavy atom. The number of nitrogens with one attached hydrogen (secondary N) is 1. The number of carbonyl (C=O) groups is 1. The lowest BCUT2D eigenvalue weighted by molar-refractivity contribution is 0.0932. The molecular formula is C21H29N3O. The van der Waals surface area contributed by atoms with Crippen molar-refractivity contribution < 1.29 is 4.79 Å². The molecule has 0 bridgehead atoms. The molecule has 2 atom stereocenters. The SMILES string of the molecule is CC(C)[C@@H](C)NC(=O)c1cc(N2CCC[C@H](C)C2)nc2ccccc12. The van der Waals surface area contributed by atoms with Crippen LogP contribution in [0.1, 0.15) is 50.9 Å². The maximum Gasteiger partial charge on any atom is 0.252 e. The lowest BCUT2D eigenvalue weighted by atomic mass is 9.99. The van der Waals surface area contributed by atoms with Crippen molar-refractivity contribution in [2.24, 2.45) is 11.8 Å². The molecule has 2 aromatic rings. The van der Waals surface area contributed by atoms with Crippen LogP contribution in [0.2, 0.25) is 0 Å². The van der Waals surface area contributed by atoms with Crippen molar-refractivity contribution in [1.29, 1.82) is 0 Å². The number of pyridine rings is 1. The molecule has 1 N–H and O–H groups in total. The predicted octanol–water partition coefficient (Wildman–Crippen LogP) is 4.25. The Labute approximate surface area is 150 Å². The maximum absolute atomic E-state index is 12.9. The van der Waals surface area contributed by atoms with Crippen LogP contribution in [0.3, 0.4) is 0 Å². The van der Waals surface area contributed by atoms with Gasteiger partial charge in [-0.3, -0.25) is 4.79 Å². The standard InChI is InChI=1S/C21H29N3O/c1-14(2)16(4)22-21(25)18-12-20(24-11-7-8-15(3)13-24)23-19-10-6-5-9-17(18)19/h5-6,9-10,12,14-16H,7-8,11,13H2,1-4H3,(H,22,25)/t15-,16+/m0/s1. The highest BCUT2D eigenvalue weighted by Crippen LogP contribution is 2.26. The fraction of sp³-hybridized carbons (Fsp3) is 0.524. The number of piperidine rings is 1. The van der Waals surface area contributed by atoms with E-state index < -0.39 is 0 Å². The van der Waals surface area contributed by atoms with Crippen molar-refractivity contribution in [1.82, 2.24) is 10.3 Å². The molecule has 3 rings (SSSR count). The lowest BCUT2D eigenvalue weighted by Crippen LogP contribution is -2.37. The average molecular weight is 339 g/mol. The Balaban J connectivity index is 1.99. The Bertz CT molecular complexity index is 756. The Morgan fingerprint density at radius 3 is 2.76 bits per heavy atom. The Hall–Kier alpha value is -2.10. The van der Waals surface area contributed by atoms with Gasteiger partial charge < -0.3 is 10.2 Å². The highest BCUT2D eigenvalue weighted by Gasteiger charge is 2.21. The molecule has 0 spiro atoms. The lowest BCUT2D eigenvalue weighted by Gasteiger charge is -2.32. The molecule has 0 saturated carbocycles. The van der Waals surface area contributed by atoms with Gasteiger partial charge in [0.15, 0.2) is 0 Å². The van der Waals surface area contributed by atoms with E-state index in [1.807, 2.05) is 30.3 Å². The number of carbonyl (C=O) groups excluding carboxylic acids is 1. The van der Waals surface area contributed by atoms with Crippen LogP contribution in [0.5, 0.6) is 0 Å². The van der Waals surface area contributed by atoms with E-state index in [9.17, 15) is 4.79 Å². The van der Waals surface area contributed by atoms with Crippen LogP contribution in [0.15, 0.2) is 30.3 Å². The summed E-state index contributed by atoms with van der Waals surface area (Å²) >= 11 is 0. The van der Waals surface area contributed by atoms with Gasteiger partial charge in [-0.2, -0.15) is 0 Å². The largest absolute Gasteiger partial charge is 0.356 e. The van der Waals surface area contributed by atoms with E-state index in [0.29, 0.717) is 11.8 Å². The number of hydrogen-bond acceptors (Lipinski definition) is 3. The molecule has 25 heavy (non-hydrogen) atoms. The number of aromatic nitrogens is 1. The molecule has 1 aromatic heterocycles. The van der Waals surface area contributed by atoms with E-state index >= 15 is 0 Å². The molecule has 1 aliphatic rings. The quantitative estimate of drug-likeness (QED) is 0.906. The number of fused-ring (bicyclic) bond motifs is 1. The molecule has 1 saturated heterocycles. The van der Waals surface area contributed by atoms with Crippen LogP contribution < -0.4 is 10.2 Å². The van der Waals surface area contributed by atoms with E-state index in [0.717, 1.165) is 35.4 Å². The first kappa shape index (κ1) is 17.7. The summed E-state index contributed by atoms with van der Waals surface area (Å²) in [5.74, 6) is 1.98. The van der Waals surface area contributed by atoms with E-state index in [2.05, 4.69) is 37.9 Å². The number of hydrogen-bond donors (Lipinski definition) is 1. The summed E-state index contributed by atoms with van der Waals surface area (Å²) in [5.41, 5.74) is 1.62. The van der Waals surface area contributed by atoms with Crippen LogP contribution in [-0.2, 0) is 0 Å². The molecule has 1 fully saturated rings. The second kappa shape index (κ2) is 7.42. The molecule has 1 amide bonds. The summed E-state index contributed by atoms with van der Waals surface area (Å²) in [6.45, 7) is 10.6. The van der Waals surface area contributed by atoms with Crippen LogP contribution in [0.25, 0.3) is 10.9 Å². The molecule has 1 aliphatic heterocycles. The third kappa shape index (κ3) is 3.94. The summed E-state index contributed by atoms with van der Waals surface area (Å²) in [6.07, 6.45) is 2.45.